The third-order valence-electron chi connectivity index (χ3n) is 7.20. The molecule has 1 N–H and O–H groups in total. The second-order valence-electron chi connectivity index (χ2n) is 9.77. The van der Waals surface area contributed by atoms with Crippen LogP contribution in [0.25, 0.3) is 0 Å². The predicted octanol–water partition coefficient (Wildman–Crippen LogP) is 7.17. The molecule has 0 bridgehead atoms. The molecule has 0 radical (unpaired) electrons. The summed E-state index contributed by atoms with van der Waals surface area (Å²) in [4.78, 5) is 29.3. The smallest absolute Gasteiger partial charge is 0.248 e. The molecule has 0 saturated heterocycles. The van der Waals surface area contributed by atoms with Gasteiger partial charge in [-0.2, -0.15) is 11.3 Å². The van der Waals surface area contributed by atoms with E-state index in [1.165, 1.54) is 24.1 Å². The zero-order chi connectivity index (χ0) is 25.5. The maximum Gasteiger partial charge on any atom is 0.248 e. The minimum Gasteiger partial charge on any atom is -0.351 e. The van der Waals surface area contributed by atoms with Crippen molar-refractivity contribution in [3.8, 4) is 0 Å². The second kappa shape index (κ2) is 12.3. The van der Waals surface area contributed by atoms with Gasteiger partial charge in [0.25, 0.3) is 0 Å². The van der Waals surface area contributed by atoms with Gasteiger partial charge in [0.1, 0.15) is 11.9 Å². The van der Waals surface area contributed by atoms with Gasteiger partial charge < -0.3 is 5.32 Å². The van der Waals surface area contributed by atoms with Crippen LogP contribution in [0.1, 0.15) is 81.0 Å². The van der Waals surface area contributed by atoms with Gasteiger partial charge in [-0.25, -0.2) is 4.39 Å². The van der Waals surface area contributed by atoms with Gasteiger partial charge in [-0.05, 0) is 83.0 Å². The number of rotatable bonds is 9. The predicted molar refractivity (Wildman–Crippen MR) is 145 cm³/mol. The van der Waals surface area contributed by atoms with Crippen LogP contribution in [-0.4, -0.2) is 17.9 Å². The normalized spacial score (nSPS) is 15.8. The van der Waals surface area contributed by atoms with Crippen molar-refractivity contribution in [1.29, 1.82) is 0 Å². The number of halogens is 1. The summed E-state index contributed by atoms with van der Waals surface area (Å²) in [6.07, 6.45) is 6.44. The van der Waals surface area contributed by atoms with E-state index in [0.717, 1.165) is 37.7 Å². The van der Waals surface area contributed by atoms with Gasteiger partial charge in [0.15, 0.2) is 0 Å². The van der Waals surface area contributed by atoms with Crippen molar-refractivity contribution in [1.82, 2.24) is 5.32 Å². The van der Waals surface area contributed by atoms with Gasteiger partial charge >= 0.3 is 0 Å². The van der Waals surface area contributed by atoms with Gasteiger partial charge in [-0.3, -0.25) is 14.5 Å². The van der Waals surface area contributed by atoms with Crippen LogP contribution < -0.4 is 10.2 Å². The molecular weight excluding hydrogens is 471 g/mol. The van der Waals surface area contributed by atoms with E-state index in [0.29, 0.717) is 17.2 Å². The van der Waals surface area contributed by atoms with Crippen LogP contribution in [0.15, 0.2) is 65.4 Å². The first-order valence-electron chi connectivity index (χ1n) is 12.9. The highest BCUT2D eigenvalue weighted by Crippen LogP contribution is 2.32. The number of carbonyl (C=O) groups excluding carboxylic acids is 2. The highest BCUT2D eigenvalue weighted by atomic mass is 32.1. The first-order chi connectivity index (χ1) is 17.5. The highest BCUT2D eigenvalue weighted by molar-refractivity contribution is 7.08. The molecule has 3 aromatic rings. The number of amides is 2. The molecule has 4 rings (SSSR count). The Balaban J connectivity index is 1.74. The van der Waals surface area contributed by atoms with Crippen LogP contribution in [0.5, 0.6) is 0 Å². The van der Waals surface area contributed by atoms with Crippen molar-refractivity contribution < 1.29 is 14.0 Å². The Morgan fingerprint density at radius 1 is 1.00 bits per heavy atom. The Hall–Kier alpha value is -2.99. The van der Waals surface area contributed by atoms with E-state index < -0.39 is 6.04 Å². The molecule has 1 aliphatic carbocycles. The summed E-state index contributed by atoms with van der Waals surface area (Å²) >= 11 is 1.54. The molecule has 190 valence electrons. The third kappa shape index (κ3) is 6.41. The Labute approximate surface area is 217 Å². The molecule has 6 heteroatoms. The number of nitrogens with one attached hydrogen (secondary N) is 1. The number of benzene rings is 2. The number of thiophene rings is 1. The topological polar surface area (TPSA) is 49.4 Å². The number of anilines is 1. The molecule has 4 nitrogen and oxygen atoms in total. The van der Waals surface area contributed by atoms with E-state index in [9.17, 15) is 14.0 Å². The van der Waals surface area contributed by atoms with Crippen LogP contribution in [0.3, 0.4) is 0 Å². The summed E-state index contributed by atoms with van der Waals surface area (Å²) in [6.45, 7) is 4.32. The summed E-state index contributed by atoms with van der Waals surface area (Å²) < 4.78 is 13.8. The van der Waals surface area contributed by atoms with Crippen LogP contribution >= 0.6 is 11.3 Å². The summed E-state index contributed by atoms with van der Waals surface area (Å²) in [5, 5.41) is 7.11. The molecule has 1 fully saturated rings. The fraction of sp³-hybridized carbons (Fsp3) is 0.400. The minimum atomic E-state index is -0.895. The number of carbonyl (C=O) groups is 2. The maximum atomic E-state index is 13.8. The summed E-state index contributed by atoms with van der Waals surface area (Å²) in [5.74, 6) is -0.369. The standard InChI is InChI=1S/C30H35FN2O2S/c1-3-21(2)23-11-15-27(16-12-23)33(28(34)19-22-17-18-36-20-22)29(24-9-13-25(31)14-10-24)30(35)32-26-7-5-4-6-8-26/h9-18,20-21,26,29H,3-8,19H2,1-2H3,(H,32,35)/t21-,29-/m0/s1. The minimum absolute atomic E-state index is 0.0933. The fourth-order valence-electron chi connectivity index (χ4n) is 4.88. The lowest BCUT2D eigenvalue weighted by molar-refractivity contribution is -0.127. The molecular formula is C30H35FN2O2S. The first-order valence-corrected chi connectivity index (χ1v) is 13.9. The van der Waals surface area contributed by atoms with E-state index in [1.54, 1.807) is 28.4 Å². The van der Waals surface area contributed by atoms with Crippen LogP contribution in [0.4, 0.5) is 10.1 Å². The SMILES string of the molecule is CC[C@H](C)c1ccc(N(C(=O)Cc2ccsc2)[C@H](C(=O)NC2CCCCC2)c2ccc(F)cc2)cc1. The maximum absolute atomic E-state index is 13.8. The number of nitrogens with zero attached hydrogens (tertiary/aromatic N) is 1. The molecule has 0 unspecified atom stereocenters. The average molecular weight is 507 g/mol. The van der Waals surface area contributed by atoms with E-state index in [4.69, 9.17) is 0 Å². The van der Waals surface area contributed by atoms with Gasteiger partial charge in [0.05, 0.1) is 6.42 Å². The third-order valence-corrected chi connectivity index (χ3v) is 7.93. The summed E-state index contributed by atoms with van der Waals surface area (Å²) in [5.41, 5.74) is 3.36. The van der Waals surface area contributed by atoms with Gasteiger partial charge in [0, 0.05) is 11.7 Å². The van der Waals surface area contributed by atoms with Crippen LogP contribution in [-0.2, 0) is 16.0 Å². The summed E-state index contributed by atoms with van der Waals surface area (Å²) in [6, 6.07) is 15.0. The Kier molecular flexibility index (Phi) is 8.92. The van der Waals surface area contributed by atoms with E-state index in [2.05, 4.69) is 19.2 Å². The molecule has 2 aromatic carbocycles. The quantitative estimate of drug-likeness (QED) is 0.335. The zero-order valence-electron chi connectivity index (χ0n) is 21.1. The summed E-state index contributed by atoms with van der Waals surface area (Å²) in [7, 11) is 0. The van der Waals surface area contributed by atoms with Crippen molar-refractivity contribution in [3.05, 3.63) is 87.9 Å². The molecule has 36 heavy (non-hydrogen) atoms. The molecule has 1 heterocycles. The zero-order valence-corrected chi connectivity index (χ0v) is 21.9. The van der Waals surface area contributed by atoms with Gasteiger partial charge in [-0.15, -0.1) is 0 Å². The Morgan fingerprint density at radius 3 is 2.28 bits per heavy atom. The monoisotopic (exact) mass is 506 g/mol. The molecule has 2 atom stereocenters. The largest absolute Gasteiger partial charge is 0.351 e. The lowest BCUT2D eigenvalue weighted by Crippen LogP contribution is -2.47. The van der Waals surface area contributed by atoms with E-state index >= 15 is 0 Å². The van der Waals surface area contributed by atoms with E-state index in [-0.39, 0.29) is 30.1 Å². The van der Waals surface area contributed by atoms with E-state index in [1.807, 2.05) is 41.1 Å². The molecule has 1 aromatic heterocycles. The highest BCUT2D eigenvalue weighted by Gasteiger charge is 2.34. The van der Waals surface area contributed by atoms with Crippen molar-refractivity contribution in [2.45, 2.75) is 76.8 Å². The fourth-order valence-corrected chi connectivity index (χ4v) is 5.55. The van der Waals surface area contributed by atoms with Crippen molar-refractivity contribution >= 4 is 28.8 Å². The average Bonchev–Trinajstić information content (AvgIpc) is 3.41. The van der Waals surface area contributed by atoms with Crippen molar-refractivity contribution in [2.24, 2.45) is 0 Å². The van der Waals surface area contributed by atoms with Crippen LogP contribution in [0.2, 0.25) is 0 Å². The number of hydrogen-bond donors (Lipinski definition) is 1. The van der Waals surface area contributed by atoms with Crippen molar-refractivity contribution in [3.63, 3.8) is 0 Å². The molecule has 1 saturated carbocycles. The molecule has 0 spiro atoms. The van der Waals surface area contributed by atoms with Gasteiger partial charge in [0.2, 0.25) is 11.8 Å². The van der Waals surface area contributed by atoms with Crippen LogP contribution in [0, 0.1) is 5.82 Å². The van der Waals surface area contributed by atoms with Gasteiger partial charge in [-0.1, -0.05) is 57.4 Å². The lowest BCUT2D eigenvalue weighted by atomic mass is 9.94. The molecule has 2 amide bonds. The first kappa shape index (κ1) is 26.1. The Bertz CT molecular complexity index is 1120. The lowest BCUT2D eigenvalue weighted by Gasteiger charge is -2.33. The van der Waals surface area contributed by atoms with Crippen molar-refractivity contribution in [2.75, 3.05) is 4.90 Å². The second-order valence-corrected chi connectivity index (χ2v) is 10.6. The molecule has 0 aliphatic heterocycles. The Morgan fingerprint density at radius 2 is 1.67 bits per heavy atom. The molecule has 1 aliphatic rings. The number of hydrogen-bond acceptors (Lipinski definition) is 3.